The Bertz CT molecular complexity index is 189. The molecule has 1 spiro atoms. The third-order valence-electron chi connectivity index (χ3n) is 4.37. The van der Waals surface area contributed by atoms with E-state index in [2.05, 4.69) is 12.4 Å². The van der Waals surface area contributed by atoms with Gasteiger partial charge in [-0.25, -0.2) is 0 Å². The van der Waals surface area contributed by atoms with Gasteiger partial charge in [-0.05, 0) is 62.4 Å². The van der Waals surface area contributed by atoms with Crippen LogP contribution in [0.4, 0.5) is 0 Å². The Hall–Kier alpha value is -0.0400. The van der Waals surface area contributed by atoms with Gasteiger partial charge in [-0.3, -0.25) is 0 Å². The van der Waals surface area contributed by atoms with Gasteiger partial charge in [0.25, 0.3) is 0 Å². The van der Waals surface area contributed by atoms with Crippen LogP contribution in [0.5, 0.6) is 0 Å². The van der Waals surface area contributed by atoms with E-state index in [1.54, 1.807) is 25.7 Å². The van der Waals surface area contributed by atoms with Crippen molar-refractivity contribution >= 4 is 0 Å². The van der Waals surface area contributed by atoms with Crippen LogP contribution in [0.15, 0.2) is 0 Å². The molecule has 0 heterocycles. The van der Waals surface area contributed by atoms with E-state index in [9.17, 15) is 0 Å². The van der Waals surface area contributed by atoms with E-state index in [0.717, 1.165) is 11.3 Å². The fourth-order valence-electron chi connectivity index (χ4n) is 3.59. The molecule has 0 aromatic heterocycles. The summed E-state index contributed by atoms with van der Waals surface area (Å²) in [4.78, 5) is 0. The number of fused-ring (bicyclic) bond motifs is 2. The summed E-state index contributed by atoms with van der Waals surface area (Å²) >= 11 is 0. The lowest BCUT2D eigenvalue weighted by atomic mass is 9.97. The Kier molecular flexibility index (Phi) is 1.07. The molecule has 0 radical (unpaired) electrons. The van der Waals surface area contributed by atoms with Crippen molar-refractivity contribution in [1.29, 1.82) is 0 Å². The average molecular weight is 151 g/mol. The molecule has 0 amide bonds. The number of hydrogen-bond acceptors (Lipinski definition) is 1. The van der Waals surface area contributed by atoms with Gasteiger partial charge in [-0.15, -0.1) is 0 Å². The maximum Gasteiger partial charge on any atom is -0.00179 e. The van der Waals surface area contributed by atoms with E-state index in [1.165, 1.54) is 18.4 Å². The maximum absolute atomic E-state index is 3.32. The van der Waals surface area contributed by atoms with Crippen LogP contribution in [0.3, 0.4) is 0 Å². The molecule has 4 unspecified atom stereocenters. The van der Waals surface area contributed by atoms with E-state index in [-0.39, 0.29) is 0 Å². The summed E-state index contributed by atoms with van der Waals surface area (Å²) in [5.41, 5.74) is 0.883. The zero-order valence-electron chi connectivity index (χ0n) is 7.27. The lowest BCUT2D eigenvalue weighted by Gasteiger charge is -2.10. The lowest BCUT2D eigenvalue weighted by molar-refractivity contribution is 0.403. The van der Waals surface area contributed by atoms with Crippen molar-refractivity contribution in [2.45, 2.75) is 25.7 Å². The first kappa shape index (κ1) is 6.47. The van der Waals surface area contributed by atoms with Crippen LogP contribution in [0.2, 0.25) is 0 Å². The third kappa shape index (κ3) is 0.703. The Balaban J connectivity index is 1.70. The van der Waals surface area contributed by atoms with Gasteiger partial charge in [0.2, 0.25) is 0 Å². The first-order valence-electron chi connectivity index (χ1n) is 5.01. The minimum Gasteiger partial charge on any atom is -0.319 e. The highest BCUT2D eigenvalue weighted by Gasteiger charge is 2.68. The van der Waals surface area contributed by atoms with Gasteiger partial charge in [-0.2, -0.15) is 0 Å². The summed E-state index contributed by atoms with van der Waals surface area (Å²) in [6.45, 7) is 1.28. The highest BCUT2D eigenvalue weighted by Crippen LogP contribution is 2.75. The van der Waals surface area contributed by atoms with Crippen molar-refractivity contribution in [3.05, 3.63) is 0 Å². The van der Waals surface area contributed by atoms with Crippen molar-refractivity contribution in [2.24, 2.45) is 23.2 Å². The number of nitrogens with one attached hydrogen (secondary N) is 1. The molecule has 0 aliphatic heterocycles. The maximum atomic E-state index is 3.32. The molecule has 62 valence electrons. The van der Waals surface area contributed by atoms with Gasteiger partial charge in [0.15, 0.2) is 0 Å². The molecule has 1 heteroatoms. The Morgan fingerprint density at radius 2 is 2.45 bits per heavy atom. The van der Waals surface area contributed by atoms with Gasteiger partial charge in [0.1, 0.15) is 0 Å². The average Bonchev–Trinajstić information content (AvgIpc) is 2.81. The van der Waals surface area contributed by atoms with E-state index in [4.69, 9.17) is 0 Å². The topological polar surface area (TPSA) is 12.0 Å². The summed E-state index contributed by atoms with van der Waals surface area (Å²) in [5.74, 6) is 3.42. The monoisotopic (exact) mass is 151 g/mol. The summed E-state index contributed by atoms with van der Waals surface area (Å²) in [7, 11) is 2.09. The van der Waals surface area contributed by atoms with Crippen LogP contribution < -0.4 is 5.32 Å². The van der Waals surface area contributed by atoms with Crippen LogP contribution in [0, 0.1) is 23.2 Å². The molecule has 0 aromatic rings. The van der Waals surface area contributed by atoms with Crippen LogP contribution in [0.25, 0.3) is 0 Å². The van der Waals surface area contributed by atoms with E-state index in [0.29, 0.717) is 0 Å². The second-order valence-corrected chi connectivity index (χ2v) is 4.83. The standard InChI is InChI=1S/C10H17N/c1-11-6-8-5-10(8)3-2-7-4-9(7)10/h7-9,11H,2-6H2,1H3. The van der Waals surface area contributed by atoms with Gasteiger partial charge in [0, 0.05) is 0 Å². The smallest absolute Gasteiger partial charge is 0.00179 e. The molecule has 1 nitrogen and oxygen atoms in total. The molecule has 3 saturated carbocycles. The van der Waals surface area contributed by atoms with Crippen molar-refractivity contribution in [3.8, 4) is 0 Å². The second kappa shape index (κ2) is 1.82. The quantitative estimate of drug-likeness (QED) is 0.632. The minimum absolute atomic E-state index is 0.883. The summed E-state index contributed by atoms with van der Waals surface area (Å²) < 4.78 is 0. The molecule has 11 heavy (non-hydrogen) atoms. The molecule has 3 aliphatic carbocycles. The molecular formula is C10H17N. The van der Waals surface area contributed by atoms with Gasteiger partial charge in [-0.1, -0.05) is 0 Å². The fourth-order valence-corrected chi connectivity index (χ4v) is 3.59. The first-order valence-corrected chi connectivity index (χ1v) is 5.01. The van der Waals surface area contributed by atoms with Crippen molar-refractivity contribution < 1.29 is 0 Å². The third-order valence-corrected chi connectivity index (χ3v) is 4.37. The van der Waals surface area contributed by atoms with Crippen molar-refractivity contribution in [1.82, 2.24) is 5.32 Å². The predicted octanol–water partition coefficient (Wildman–Crippen LogP) is 1.64. The van der Waals surface area contributed by atoms with Gasteiger partial charge < -0.3 is 5.32 Å². The molecule has 3 aliphatic rings. The van der Waals surface area contributed by atoms with Gasteiger partial charge >= 0.3 is 0 Å². The first-order chi connectivity index (χ1) is 5.37. The second-order valence-electron chi connectivity index (χ2n) is 4.83. The minimum atomic E-state index is 0.883. The van der Waals surface area contributed by atoms with Crippen molar-refractivity contribution in [2.75, 3.05) is 13.6 Å². The highest BCUT2D eigenvalue weighted by atomic mass is 14.9. The van der Waals surface area contributed by atoms with Crippen LogP contribution in [-0.4, -0.2) is 13.6 Å². The normalized spacial score (nSPS) is 58.1. The predicted molar refractivity (Wildman–Crippen MR) is 45.3 cm³/mol. The lowest BCUT2D eigenvalue weighted by Crippen LogP contribution is -2.15. The number of rotatable bonds is 2. The molecule has 3 rings (SSSR count). The largest absolute Gasteiger partial charge is 0.319 e. The molecule has 4 atom stereocenters. The molecular weight excluding hydrogens is 134 g/mol. The summed E-state index contributed by atoms with van der Waals surface area (Å²) in [6.07, 6.45) is 6.26. The van der Waals surface area contributed by atoms with Crippen LogP contribution >= 0.6 is 0 Å². The summed E-state index contributed by atoms with van der Waals surface area (Å²) in [5, 5.41) is 3.32. The SMILES string of the molecule is CNCC1CC12CCC1CC12. The summed E-state index contributed by atoms with van der Waals surface area (Å²) in [6, 6.07) is 0. The Morgan fingerprint density at radius 1 is 1.55 bits per heavy atom. The molecule has 3 fully saturated rings. The van der Waals surface area contributed by atoms with Gasteiger partial charge in [0.05, 0.1) is 0 Å². The van der Waals surface area contributed by atoms with E-state index < -0.39 is 0 Å². The van der Waals surface area contributed by atoms with Crippen molar-refractivity contribution in [3.63, 3.8) is 0 Å². The fraction of sp³-hybridized carbons (Fsp3) is 1.00. The molecule has 1 N–H and O–H groups in total. The van der Waals surface area contributed by atoms with Crippen LogP contribution in [-0.2, 0) is 0 Å². The molecule has 0 saturated heterocycles. The Morgan fingerprint density at radius 3 is 3.00 bits per heavy atom. The zero-order chi connectivity index (χ0) is 7.47. The van der Waals surface area contributed by atoms with Crippen LogP contribution in [0.1, 0.15) is 25.7 Å². The Labute approximate surface area is 68.6 Å². The molecule has 0 bridgehead atoms. The highest BCUT2D eigenvalue weighted by molar-refractivity contribution is 5.18. The zero-order valence-corrected chi connectivity index (χ0v) is 7.27. The number of hydrogen-bond donors (Lipinski definition) is 1. The van der Waals surface area contributed by atoms with E-state index in [1.807, 2.05) is 0 Å². The molecule has 0 aromatic carbocycles. The van der Waals surface area contributed by atoms with E-state index >= 15 is 0 Å².